The first-order valence-corrected chi connectivity index (χ1v) is 13.1. The van der Waals surface area contributed by atoms with Gasteiger partial charge < -0.3 is 24.5 Å². The van der Waals surface area contributed by atoms with Crippen molar-refractivity contribution in [3.05, 3.63) is 25.3 Å². The molecule has 0 saturated carbocycles. The van der Waals surface area contributed by atoms with Gasteiger partial charge in [0, 0.05) is 26.7 Å². The molecule has 8 heteroatoms. The van der Waals surface area contributed by atoms with Crippen LogP contribution in [0.15, 0.2) is 25.3 Å². The van der Waals surface area contributed by atoms with E-state index in [1.807, 2.05) is 13.8 Å². The number of fused-ring (bicyclic) bond motifs is 1. The number of carbonyl (C=O) groups is 3. The van der Waals surface area contributed by atoms with Crippen molar-refractivity contribution in [1.82, 2.24) is 14.7 Å². The Hall–Kier alpha value is -2.19. The van der Waals surface area contributed by atoms with Crippen LogP contribution in [0.2, 0.25) is 0 Å². The molecule has 3 aliphatic heterocycles. The molecule has 2 unspecified atom stereocenters. The number of unbranched alkanes of at least 4 members (excludes halogenated alkanes) is 2. The average molecular weight is 490 g/mol. The van der Waals surface area contributed by atoms with Gasteiger partial charge in [-0.3, -0.25) is 14.4 Å². The second kappa shape index (κ2) is 10.8. The van der Waals surface area contributed by atoms with E-state index in [0.717, 1.165) is 19.3 Å². The predicted molar refractivity (Wildman–Crippen MR) is 134 cm³/mol. The molecule has 196 valence electrons. The summed E-state index contributed by atoms with van der Waals surface area (Å²) in [6.07, 6.45) is 7.87. The fraction of sp³-hybridized carbons (Fsp3) is 0.741. The van der Waals surface area contributed by atoms with E-state index in [1.54, 1.807) is 33.9 Å². The lowest BCUT2D eigenvalue weighted by molar-refractivity contribution is -0.156. The fourth-order valence-corrected chi connectivity index (χ4v) is 6.52. The molecule has 3 aliphatic rings. The van der Waals surface area contributed by atoms with Crippen LogP contribution in [0.5, 0.6) is 0 Å². The Labute approximate surface area is 210 Å². The van der Waals surface area contributed by atoms with E-state index < -0.39 is 35.1 Å². The summed E-state index contributed by atoms with van der Waals surface area (Å²) in [7, 11) is 1.70. The van der Waals surface area contributed by atoms with Gasteiger partial charge in [0.05, 0.1) is 30.1 Å². The summed E-state index contributed by atoms with van der Waals surface area (Å²) < 4.78 is 6.67. The molecule has 3 fully saturated rings. The molecule has 1 N–H and O–H groups in total. The minimum atomic E-state index is -1.08. The Morgan fingerprint density at radius 2 is 1.89 bits per heavy atom. The Morgan fingerprint density at radius 1 is 1.20 bits per heavy atom. The molecule has 8 nitrogen and oxygen atoms in total. The third-order valence-electron chi connectivity index (χ3n) is 8.26. The highest BCUT2D eigenvalue weighted by Crippen LogP contribution is 2.63. The molecule has 3 rings (SSSR count). The number of aliphatic hydroxyl groups is 1. The van der Waals surface area contributed by atoms with Gasteiger partial charge in [0.2, 0.25) is 17.7 Å². The van der Waals surface area contributed by atoms with Crippen LogP contribution in [0.3, 0.4) is 0 Å². The summed E-state index contributed by atoms with van der Waals surface area (Å²) in [6, 6.07) is -1.39. The maximum atomic E-state index is 14.2. The molecule has 6 atom stereocenters. The number of carbonyl (C=O) groups excluding carboxylic acids is 3. The standard InChI is InChI=1S/C27H43N3O5/c1-7-11-12-17-29(16-9-3)25(34)22-27-14-13-26(5,35-27)20(23(32)28(6)15-8-2)21(27)24(33)30(22)19(10-4)18-31/h8-9,19-22,31H,2-3,7,10-18H2,1,4-6H3/t19-,20+,21-,22?,26-,27?/m0/s1. The molecule has 0 radical (unpaired) electrons. The van der Waals surface area contributed by atoms with Crippen LogP contribution < -0.4 is 0 Å². The third kappa shape index (κ3) is 4.44. The number of ether oxygens (including phenoxy) is 1. The van der Waals surface area contributed by atoms with Crippen molar-refractivity contribution in [2.24, 2.45) is 11.8 Å². The number of hydrogen-bond donors (Lipinski definition) is 1. The highest BCUT2D eigenvalue weighted by Gasteiger charge is 2.78. The SMILES string of the molecule is C=CCN(C)C(=O)[C@H]1[C@H]2C(=O)N([C@@H](CC)CO)C(C(=O)N(CC=C)CCCCC)C23CC[C@]1(C)O3. The maximum Gasteiger partial charge on any atom is 0.248 e. The zero-order chi connectivity index (χ0) is 26.0. The summed E-state index contributed by atoms with van der Waals surface area (Å²) in [5, 5.41) is 10.2. The van der Waals surface area contributed by atoms with Crippen molar-refractivity contribution in [1.29, 1.82) is 0 Å². The Kier molecular flexibility index (Phi) is 8.48. The number of amides is 3. The van der Waals surface area contributed by atoms with Gasteiger partial charge in [0.25, 0.3) is 0 Å². The molecule has 2 bridgehead atoms. The summed E-state index contributed by atoms with van der Waals surface area (Å²) in [5.41, 5.74) is -1.89. The van der Waals surface area contributed by atoms with Crippen LogP contribution in [0.25, 0.3) is 0 Å². The van der Waals surface area contributed by atoms with Crippen LogP contribution in [-0.4, -0.2) is 94.1 Å². The number of likely N-dealkylation sites (N-methyl/N-ethyl adjacent to an activating group) is 1. The quantitative estimate of drug-likeness (QED) is 0.317. The van der Waals surface area contributed by atoms with Crippen LogP contribution in [0.4, 0.5) is 0 Å². The molecule has 1 spiro atoms. The lowest BCUT2D eigenvalue weighted by atomic mass is 9.66. The molecule has 3 amide bonds. The van der Waals surface area contributed by atoms with Crippen LogP contribution in [-0.2, 0) is 19.1 Å². The predicted octanol–water partition coefficient (Wildman–Crippen LogP) is 2.37. The van der Waals surface area contributed by atoms with E-state index in [4.69, 9.17) is 4.74 Å². The second-order valence-electron chi connectivity index (χ2n) is 10.5. The molecule has 35 heavy (non-hydrogen) atoms. The van der Waals surface area contributed by atoms with Gasteiger partial charge in [-0.05, 0) is 32.6 Å². The van der Waals surface area contributed by atoms with Crippen molar-refractivity contribution < 1.29 is 24.2 Å². The Morgan fingerprint density at radius 3 is 2.46 bits per heavy atom. The van der Waals surface area contributed by atoms with Crippen molar-refractivity contribution in [2.45, 2.75) is 82.6 Å². The molecule has 0 aromatic rings. The third-order valence-corrected chi connectivity index (χ3v) is 8.26. The maximum absolute atomic E-state index is 14.2. The van der Waals surface area contributed by atoms with Gasteiger partial charge in [-0.25, -0.2) is 0 Å². The first-order chi connectivity index (χ1) is 16.7. The minimum Gasteiger partial charge on any atom is -0.394 e. The molecular weight excluding hydrogens is 446 g/mol. The normalized spacial score (nSPS) is 31.9. The van der Waals surface area contributed by atoms with Gasteiger partial charge in [-0.2, -0.15) is 0 Å². The molecule has 0 aromatic heterocycles. The Bertz CT molecular complexity index is 843. The fourth-order valence-electron chi connectivity index (χ4n) is 6.52. The molecule has 3 saturated heterocycles. The zero-order valence-electron chi connectivity index (χ0n) is 21.9. The lowest BCUT2D eigenvalue weighted by Gasteiger charge is -2.39. The van der Waals surface area contributed by atoms with E-state index in [-0.39, 0.29) is 24.3 Å². The first-order valence-electron chi connectivity index (χ1n) is 13.1. The van der Waals surface area contributed by atoms with Crippen molar-refractivity contribution in [3.63, 3.8) is 0 Å². The smallest absolute Gasteiger partial charge is 0.248 e. The molecule has 0 aromatic carbocycles. The van der Waals surface area contributed by atoms with E-state index >= 15 is 0 Å². The summed E-state index contributed by atoms with van der Waals surface area (Å²) in [6.45, 7) is 14.5. The monoisotopic (exact) mass is 489 g/mol. The largest absolute Gasteiger partial charge is 0.394 e. The van der Waals surface area contributed by atoms with Gasteiger partial charge in [0.1, 0.15) is 11.6 Å². The number of nitrogens with zero attached hydrogens (tertiary/aromatic N) is 3. The average Bonchev–Trinajstić information content (AvgIpc) is 3.40. The Balaban J connectivity index is 2.08. The van der Waals surface area contributed by atoms with Gasteiger partial charge >= 0.3 is 0 Å². The van der Waals surface area contributed by atoms with Crippen LogP contribution in [0, 0.1) is 11.8 Å². The van der Waals surface area contributed by atoms with Gasteiger partial charge in [-0.15, -0.1) is 13.2 Å². The van der Waals surface area contributed by atoms with E-state index in [1.165, 1.54) is 0 Å². The van der Waals surface area contributed by atoms with E-state index in [0.29, 0.717) is 38.9 Å². The van der Waals surface area contributed by atoms with Crippen molar-refractivity contribution in [3.8, 4) is 0 Å². The topological polar surface area (TPSA) is 90.4 Å². The zero-order valence-corrected chi connectivity index (χ0v) is 21.9. The number of hydrogen-bond acceptors (Lipinski definition) is 5. The summed E-state index contributed by atoms with van der Waals surface area (Å²) in [5.74, 6) is -2.04. The van der Waals surface area contributed by atoms with Gasteiger partial charge in [0.15, 0.2) is 0 Å². The lowest BCUT2D eigenvalue weighted by Crippen LogP contribution is -2.58. The van der Waals surface area contributed by atoms with Crippen molar-refractivity contribution >= 4 is 17.7 Å². The van der Waals surface area contributed by atoms with E-state index in [2.05, 4.69) is 20.1 Å². The highest BCUT2D eigenvalue weighted by atomic mass is 16.5. The summed E-state index contributed by atoms with van der Waals surface area (Å²) >= 11 is 0. The first kappa shape index (κ1) is 27.4. The molecule has 3 heterocycles. The highest BCUT2D eigenvalue weighted by molar-refractivity contribution is 5.99. The van der Waals surface area contributed by atoms with Crippen LogP contribution >= 0.6 is 0 Å². The van der Waals surface area contributed by atoms with Crippen LogP contribution in [0.1, 0.15) is 59.3 Å². The number of likely N-dealkylation sites (tertiary alicyclic amines) is 1. The second-order valence-corrected chi connectivity index (χ2v) is 10.5. The van der Waals surface area contributed by atoms with E-state index in [9.17, 15) is 19.5 Å². The summed E-state index contributed by atoms with van der Waals surface area (Å²) in [4.78, 5) is 46.7. The minimum absolute atomic E-state index is 0.164. The van der Waals surface area contributed by atoms with Gasteiger partial charge in [-0.1, -0.05) is 38.8 Å². The number of aliphatic hydroxyl groups excluding tert-OH is 1. The molecular formula is C27H43N3O5. The molecule has 0 aliphatic carbocycles. The number of rotatable bonds is 13. The van der Waals surface area contributed by atoms with Crippen molar-refractivity contribution in [2.75, 3.05) is 33.3 Å².